The van der Waals surface area contributed by atoms with Crippen LogP contribution in [0, 0.1) is 0 Å². The Bertz CT molecular complexity index is 1540. The van der Waals surface area contributed by atoms with Gasteiger partial charge in [-0.2, -0.15) is 4.31 Å². The molecule has 0 saturated carbocycles. The predicted octanol–water partition coefficient (Wildman–Crippen LogP) is 2.21. The van der Waals surface area contributed by atoms with E-state index < -0.39 is 120 Å². The number of nitrogens with one attached hydrogen (secondary N) is 2. The Kier molecular flexibility index (Phi) is 23.1. The fraction of sp³-hybridized carbons (Fsp3) is 0.750. The van der Waals surface area contributed by atoms with E-state index in [0.717, 1.165) is 32.3 Å². The van der Waals surface area contributed by atoms with Crippen LogP contribution in [-0.2, 0) is 55.8 Å². The van der Waals surface area contributed by atoms with Gasteiger partial charge in [-0.15, -0.1) is 0 Å². The van der Waals surface area contributed by atoms with Gasteiger partial charge in [0.25, 0.3) is 0 Å². The fourth-order valence-corrected chi connectivity index (χ4v) is 7.94. The van der Waals surface area contributed by atoms with Crippen LogP contribution in [0.5, 0.6) is 0 Å². The summed E-state index contributed by atoms with van der Waals surface area (Å²) in [6.45, 7) is 10.3. The van der Waals surface area contributed by atoms with Crippen molar-refractivity contribution in [3.8, 4) is 0 Å². The summed E-state index contributed by atoms with van der Waals surface area (Å²) in [5, 5.41) is 46.2. The van der Waals surface area contributed by atoms with Crippen molar-refractivity contribution in [3.63, 3.8) is 0 Å². The van der Waals surface area contributed by atoms with Crippen molar-refractivity contribution >= 4 is 33.2 Å². The summed E-state index contributed by atoms with van der Waals surface area (Å²) in [5.74, 6) is -2.02. The minimum atomic E-state index is -5.65. The average Bonchev–Trinajstić information content (AvgIpc) is 3.08. The molecule has 2 rings (SSSR count). The number of phosphoric ester groups is 2. The maximum atomic E-state index is 13.2. The van der Waals surface area contributed by atoms with Gasteiger partial charge in [0, 0.05) is 13.8 Å². The van der Waals surface area contributed by atoms with Gasteiger partial charge in [0.15, 0.2) is 18.4 Å². The smallest absolute Gasteiger partial charge is 0.394 e. The van der Waals surface area contributed by atoms with E-state index >= 15 is 0 Å². The first-order valence-electron chi connectivity index (χ1n) is 18.4. The van der Waals surface area contributed by atoms with Crippen LogP contribution in [-0.4, -0.2) is 135 Å². The van der Waals surface area contributed by atoms with Gasteiger partial charge in [0.05, 0.1) is 19.8 Å². The number of ether oxygens (including phenoxy) is 4. The second-order valence-corrected chi connectivity index (χ2v) is 17.2. The molecule has 2 amide bonds. The third-order valence-corrected chi connectivity index (χ3v) is 11.5. The molecule has 2 aliphatic heterocycles. The molecule has 2 unspecified atom stereocenters. The lowest BCUT2D eigenvalue weighted by molar-refractivity contribution is -0.331. The molecule has 8 N–H and O–H groups in total. The summed E-state index contributed by atoms with van der Waals surface area (Å²) < 4.78 is 63.9. The van der Waals surface area contributed by atoms with E-state index in [9.17, 15) is 53.7 Å². The van der Waals surface area contributed by atoms with E-state index in [1.807, 2.05) is 20.8 Å². The standard InChI is InChI=1S/C35H60N2O18P2.CH4/c1-19(2)11-9-12-20(3)13-10-14-21(4)15-16-49-56(45,46)55-57(47,48)54-35-29(37-25(8)42)33(50-23(6)22(5)40)32(27(18-39)52-35)53-34-28(36-24(7)41)31(44)30(43)26(17-38)51-34;/h11,13,15,23,26-35,38-39,43-44H,9-10,12,14,16-18H2,1-8H3,(H,36,41)(H,37,42)(H,45,46)(H,47,48);1H4/b20-13+,21-15-;/t23-,26-,27-,28-,29-,30-,31-,32-,33-,34-,35-;/m1./s1. The third-order valence-electron chi connectivity index (χ3n) is 8.91. The highest BCUT2D eigenvalue weighted by atomic mass is 31.3. The number of allylic oxidation sites excluding steroid dienone is 5. The Balaban J connectivity index is 0.0000168. The zero-order valence-corrected chi connectivity index (χ0v) is 35.3. The van der Waals surface area contributed by atoms with Crippen LogP contribution in [0.15, 0.2) is 34.9 Å². The molecule has 0 radical (unpaired) electrons. The van der Waals surface area contributed by atoms with Crippen LogP contribution in [0.25, 0.3) is 0 Å². The first-order valence-corrected chi connectivity index (χ1v) is 21.4. The summed E-state index contributed by atoms with van der Waals surface area (Å²) in [7, 11) is -11.0. The molecule has 0 spiro atoms. The minimum Gasteiger partial charge on any atom is -0.394 e. The van der Waals surface area contributed by atoms with Crippen LogP contribution in [0.3, 0.4) is 0 Å². The number of carbonyl (C=O) groups excluding carboxylic acids is 3. The SMILES string of the molecule is C.CC(=O)N[C@H]1[C@@H](O[C@H]2[C@H](O[C@H](C)C(C)=O)[C@@H](NC(C)=O)[C@@H](OP(=O)(O)OP(=O)(O)OC/C=C(/C)CC/C=C(\C)CCC=C(C)C)O[C@@H]2CO)O[C@H](CO)[C@@H](O)[C@@H]1O. The average molecular weight is 875 g/mol. The number of ketones is 1. The molecule has 0 aromatic carbocycles. The Morgan fingerprint density at radius 2 is 1.28 bits per heavy atom. The maximum Gasteiger partial charge on any atom is 0.483 e. The highest BCUT2D eigenvalue weighted by Crippen LogP contribution is 2.61. The molecule has 0 bridgehead atoms. The first kappa shape index (κ1) is 53.8. The topological polar surface area (TPSA) is 295 Å². The number of amides is 2. The number of carbonyl (C=O) groups is 3. The van der Waals surface area contributed by atoms with E-state index in [4.69, 9.17) is 28.0 Å². The number of phosphoric acid groups is 2. The van der Waals surface area contributed by atoms with Crippen molar-refractivity contribution in [2.24, 2.45) is 0 Å². The van der Waals surface area contributed by atoms with E-state index in [1.54, 1.807) is 6.92 Å². The van der Waals surface area contributed by atoms with Crippen LogP contribution in [0.4, 0.5) is 0 Å². The summed E-state index contributed by atoms with van der Waals surface area (Å²) in [4.78, 5) is 57.8. The van der Waals surface area contributed by atoms with Crippen molar-refractivity contribution < 1.29 is 86.0 Å². The number of aliphatic hydroxyl groups is 4. The Labute approximate surface area is 340 Å². The van der Waals surface area contributed by atoms with Gasteiger partial charge in [-0.1, -0.05) is 42.4 Å². The van der Waals surface area contributed by atoms with Crippen molar-refractivity contribution in [1.82, 2.24) is 10.6 Å². The largest absolute Gasteiger partial charge is 0.483 e. The molecule has 0 aromatic rings. The first-order chi connectivity index (χ1) is 26.5. The number of Topliss-reactive ketones (excluding diaryl/α,β-unsaturated/α-hetero) is 1. The summed E-state index contributed by atoms with van der Waals surface area (Å²) in [6, 6.07) is -3.20. The second kappa shape index (κ2) is 24.9. The van der Waals surface area contributed by atoms with Gasteiger partial charge in [-0.05, 0) is 67.2 Å². The zero-order chi connectivity index (χ0) is 43.2. The van der Waals surface area contributed by atoms with Gasteiger partial charge in [-0.25, -0.2) is 9.13 Å². The summed E-state index contributed by atoms with van der Waals surface area (Å²) in [5.41, 5.74) is 3.27. The molecule has 2 aliphatic rings. The molecule has 2 heterocycles. The number of hydrogen-bond donors (Lipinski definition) is 8. The lowest BCUT2D eigenvalue weighted by Gasteiger charge is -2.49. The number of hydrogen-bond acceptors (Lipinski definition) is 16. The third kappa shape index (κ3) is 17.8. The molecule has 0 aliphatic carbocycles. The van der Waals surface area contributed by atoms with Crippen molar-refractivity contribution in [1.29, 1.82) is 0 Å². The molecule has 2 saturated heterocycles. The molecule has 336 valence electrons. The molecule has 22 heteroatoms. The van der Waals surface area contributed by atoms with Crippen molar-refractivity contribution in [3.05, 3.63) is 34.9 Å². The molecular weight excluding hydrogens is 810 g/mol. The van der Waals surface area contributed by atoms with Gasteiger partial charge in [-0.3, -0.25) is 23.4 Å². The van der Waals surface area contributed by atoms with Crippen LogP contribution in [0.2, 0.25) is 0 Å². The van der Waals surface area contributed by atoms with Crippen LogP contribution in [0.1, 0.15) is 88.5 Å². The molecule has 20 nitrogen and oxygen atoms in total. The maximum absolute atomic E-state index is 13.2. The molecule has 13 atom stereocenters. The number of aliphatic hydroxyl groups excluding tert-OH is 4. The van der Waals surface area contributed by atoms with E-state index in [2.05, 4.69) is 27.1 Å². The highest BCUT2D eigenvalue weighted by molar-refractivity contribution is 7.61. The normalized spacial score (nSPS) is 30.5. The molecule has 2 fully saturated rings. The second-order valence-electron chi connectivity index (χ2n) is 14.2. The quantitative estimate of drug-likeness (QED) is 0.0571. The van der Waals surface area contributed by atoms with E-state index in [0.29, 0.717) is 12.8 Å². The number of rotatable bonds is 22. The van der Waals surface area contributed by atoms with Gasteiger partial charge < -0.3 is 59.8 Å². The van der Waals surface area contributed by atoms with Crippen molar-refractivity contribution in [2.75, 3.05) is 19.8 Å². The minimum absolute atomic E-state index is 0. The monoisotopic (exact) mass is 874 g/mol. The lowest BCUT2D eigenvalue weighted by atomic mass is 9.94. The van der Waals surface area contributed by atoms with Crippen LogP contribution >= 0.6 is 15.6 Å². The van der Waals surface area contributed by atoms with Gasteiger partial charge in [0.1, 0.15) is 54.8 Å². The molecule has 58 heavy (non-hydrogen) atoms. The molecule has 0 aromatic heterocycles. The van der Waals surface area contributed by atoms with Crippen molar-refractivity contribution in [2.45, 2.75) is 156 Å². The van der Waals surface area contributed by atoms with E-state index in [1.165, 1.54) is 31.1 Å². The lowest BCUT2D eigenvalue weighted by Crippen LogP contribution is -2.70. The zero-order valence-electron chi connectivity index (χ0n) is 33.5. The van der Waals surface area contributed by atoms with Crippen LogP contribution < -0.4 is 10.6 Å². The Hall–Kier alpha value is -2.23. The Morgan fingerprint density at radius 1 is 0.741 bits per heavy atom. The van der Waals surface area contributed by atoms with Gasteiger partial charge >= 0.3 is 15.6 Å². The predicted molar refractivity (Wildman–Crippen MR) is 209 cm³/mol. The van der Waals surface area contributed by atoms with E-state index in [-0.39, 0.29) is 7.43 Å². The fourth-order valence-electron chi connectivity index (χ4n) is 5.84. The Morgan fingerprint density at radius 3 is 1.81 bits per heavy atom. The van der Waals surface area contributed by atoms with Gasteiger partial charge in [0.2, 0.25) is 11.8 Å². The molecular formula is C36H64N2O18P2. The highest BCUT2D eigenvalue weighted by Gasteiger charge is 2.55. The summed E-state index contributed by atoms with van der Waals surface area (Å²) in [6.07, 6.45) is -5.96. The summed E-state index contributed by atoms with van der Waals surface area (Å²) >= 11 is 0.